The van der Waals surface area contributed by atoms with E-state index in [0.717, 1.165) is 18.6 Å². The molecule has 21 heavy (non-hydrogen) atoms. The van der Waals surface area contributed by atoms with E-state index in [1.54, 1.807) is 24.3 Å². The fourth-order valence-corrected chi connectivity index (χ4v) is 2.45. The number of amides is 1. The Bertz CT molecular complexity index is 498. The van der Waals surface area contributed by atoms with Crippen LogP contribution in [0.4, 0.5) is 0 Å². The molecule has 1 aliphatic heterocycles. The molecule has 0 aliphatic carbocycles. The number of unbranched alkanes of at least 4 members (excludes halogenated alkanes) is 1. The molecule has 114 valence electrons. The summed E-state index contributed by atoms with van der Waals surface area (Å²) in [6.45, 7) is 3.21. The molecule has 1 atom stereocenters. The van der Waals surface area contributed by atoms with Crippen LogP contribution in [0, 0.1) is 0 Å². The van der Waals surface area contributed by atoms with E-state index < -0.39 is 12.0 Å². The molecule has 0 radical (unpaired) electrons. The first-order valence-electron chi connectivity index (χ1n) is 7.38. The van der Waals surface area contributed by atoms with Crippen molar-refractivity contribution in [3.05, 3.63) is 29.8 Å². The highest BCUT2D eigenvalue weighted by Crippen LogP contribution is 2.21. The topological polar surface area (TPSA) is 69.7 Å². The van der Waals surface area contributed by atoms with E-state index in [4.69, 9.17) is 4.74 Å². The van der Waals surface area contributed by atoms with Gasteiger partial charge in [0.15, 0.2) is 0 Å². The van der Waals surface area contributed by atoms with Gasteiger partial charge in [-0.15, -0.1) is 0 Å². The van der Waals surface area contributed by atoms with Crippen LogP contribution in [0.25, 0.3) is 0 Å². The SMILES string of the molecule is CCCCOc1ccc(C(=O)N2CCC[C@H]2C(=O)[O-])cc1. The first-order chi connectivity index (χ1) is 10.1. The maximum atomic E-state index is 12.3. The van der Waals surface area contributed by atoms with Crippen LogP contribution < -0.4 is 9.84 Å². The van der Waals surface area contributed by atoms with E-state index in [1.165, 1.54) is 4.90 Å². The average Bonchev–Trinajstić information content (AvgIpc) is 2.97. The van der Waals surface area contributed by atoms with Crippen molar-refractivity contribution < 1.29 is 19.4 Å². The molecule has 0 N–H and O–H groups in total. The Morgan fingerprint density at radius 1 is 1.33 bits per heavy atom. The van der Waals surface area contributed by atoms with Gasteiger partial charge in [0.25, 0.3) is 5.91 Å². The van der Waals surface area contributed by atoms with Gasteiger partial charge >= 0.3 is 0 Å². The molecular weight excluding hydrogens is 270 g/mol. The van der Waals surface area contributed by atoms with Crippen molar-refractivity contribution in [2.45, 2.75) is 38.6 Å². The van der Waals surface area contributed by atoms with E-state index in [0.29, 0.717) is 31.6 Å². The molecule has 1 fully saturated rings. The molecule has 0 spiro atoms. The third-order valence-electron chi connectivity index (χ3n) is 3.65. The van der Waals surface area contributed by atoms with Crippen molar-refractivity contribution >= 4 is 11.9 Å². The molecule has 1 amide bonds. The summed E-state index contributed by atoms with van der Waals surface area (Å²) in [6.07, 6.45) is 3.22. The predicted octanol–water partition coefficient (Wildman–Crippen LogP) is 1.22. The van der Waals surface area contributed by atoms with Gasteiger partial charge < -0.3 is 19.5 Å². The van der Waals surface area contributed by atoms with Crippen LogP contribution in [-0.4, -0.2) is 36.0 Å². The summed E-state index contributed by atoms with van der Waals surface area (Å²) in [5.41, 5.74) is 0.478. The third-order valence-corrected chi connectivity index (χ3v) is 3.65. The van der Waals surface area contributed by atoms with Gasteiger partial charge in [-0.1, -0.05) is 13.3 Å². The number of carboxylic acids is 1. The van der Waals surface area contributed by atoms with Crippen molar-refractivity contribution in [1.29, 1.82) is 0 Å². The van der Waals surface area contributed by atoms with Gasteiger partial charge in [0.05, 0.1) is 18.6 Å². The third kappa shape index (κ3) is 3.74. The van der Waals surface area contributed by atoms with Crippen molar-refractivity contribution in [2.75, 3.05) is 13.2 Å². The molecule has 0 bridgehead atoms. The predicted molar refractivity (Wildman–Crippen MR) is 75.9 cm³/mol. The molecule has 0 unspecified atom stereocenters. The van der Waals surface area contributed by atoms with Crippen molar-refractivity contribution in [3.8, 4) is 5.75 Å². The van der Waals surface area contributed by atoms with E-state index in [9.17, 15) is 14.7 Å². The first kappa shape index (κ1) is 15.4. The van der Waals surface area contributed by atoms with Gasteiger partial charge in [0.1, 0.15) is 5.75 Å². The lowest BCUT2D eigenvalue weighted by atomic mass is 10.1. The zero-order chi connectivity index (χ0) is 15.2. The highest BCUT2D eigenvalue weighted by molar-refractivity contribution is 5.96. The lowest BCUT2D eigenvalue weighted by molar-refractivity contribution is -0.310. The molecular formula is C16H20NO4-. The summed E-state index contributed by atoms with van der Waals surface area (Å²) in [4.78, 5) is 24.7. The highest BCUT2D eigenvalue weighted by Gasteiger charge is 2.30. The summed E-state index contributed by atoms with van der Waals surface area (Å²) in [5, 5.41) is 11.0. The maximum Gasteiger partial charge on any atom is 0.254 e. The number of hydrogen-bond donors (Lipinski definition) is 0. The normalized spacial score (nSPS) is 17.8. The number of benzene rings is 1. The molecule has 1 aromatic rings. The smallest absolute Gasteiger partial charge is 0.254 e. The monoisotopic (exact) mass is 290 g/mol. The lowest BCUT2D eigenvalue weighted by Crippen LogP contribution is -2.46. The second-order valence-corrected chi connectivity index (χ2v) is 5.20. The first-order valence-corrected chi connectivity index (χ1v) is 7.38. The van der Waals surface area contributed by atoms with Crippen LogP contribution in [0.5, 0.6) is 5.75 Å². The van der Waals surface area contributed by atoms with Gasteiger partial charge in [-0.2, -0.15) is 0 Å². The van der Waals surface area contributed by atoms with Crippen molar-refractivity contribution in [3.63, 3.8) is 0 Å². The second kappa shape index (κ2) is 7.11. The zero-order valence-electron chi connectivity index (χ0n) is 12.2. The second-order valence-electron chi connectivity index (χ2n) is 5.20. The van der Waals surface area contributed by atoms with Crippen LogP contribution in [0.1, 0.15) is 43.0 Å². The van der Waals surface area contributed by atoms with Crippen LogP contribution in [-0.2, 0) is 4.79 Å². The number of ether oxygens (including phenoxy) is 1. The number of aliphatic carboxylic acids is 1. The van der Waals surface area contributed by atoms with Crippen molar-refractivity contribution in [1.82, 2.24) is 4.90 Å². The molecule has 1 aromatic carbocycles. The van der Waals surface area contributed by atoms with Crippen LogP contribution in [0.15, 0.2) is 24.3 Å². The number of hydrogen-bond acceptors (Lipinski definition) is 4. The largest absolute Gasteiger partial charge is 0.548 e. The fourth-order valence-electron chi connectivity index (χ4n) is 2.45. The summed E-state index contributed by atoms with van der Waals surface area (Å²) >= 11 is 0. The Balaban J connectivity index is 2.01. The summed E-state index contributed by atoms with van der Waals surface area (Å²) < 4.78 is 5.54. The van der Waals surface area contributed by atoms with Gasteiger partial charge in [0, 0.05) is 12.1 Å². The number of carboxylic acid groups (broad SMARTS) is 1. The summed E-state index contributed by atoms with van der Waals surface area (Å²) in [7, 11) is 0. The van der Waals surface area contributed by atoms with E-state index >= 15 is 0 Å². The molecule has 1 heterocycles. The Labute approximate surface area is 124 Å². The fraction of sp³-hybridized carbons (Fsp3) is 0.500. The maximum absolute atomic E-state index is 12.3. The Kier molecular flexibility index (Phi) is 5.20. The van der Waals surface area contributed by atoms with E-state index in [-0.39, 0.29) is 5.91 Å². The summed E-state index contributed by atoms with van der Waals surface area (Å²) in [6, 6.07) is 6.03. The molecule has 5 nitrogen and oxygen atoms in total. The quantitative estimate of drug-likeness (QED) is 0.739. The minimum atomic E-state index is -1.18. The molecule has 0 saturated carbocycles. The van der Waals surface area contributed by atoms with Gasteiger partial charge in [0.2, 0.25) is 0 Å². The Morgan fingerprint density at radius 2 is 2.05 bits per heavy atom. The molecule has 5 heteroatoms. The number of carbonyl (C=O) groups excluding carboxylic acids is 2. The number of likely N-dealkylation sites (tertiary alicyclic amines) is 1. The van der Waals surface area contributed by atoms with Crippen LogP contribution in [0.2, 0.25) is 0 Å². The molecule has 1 aliphatic rings. The van der Waals surface area contributed by atoms with Crippen LogP contribution >= 0.6 is 0 Å². The lowest BCUT2D eigenvalue weighted by Gasteiger charge is -2.25. The summed E-state index contributed by atoms with van der Waals surface area (Å²) in [5.74, 6) is -0.722. The molecule has 0 aromatic heterocycles. The number of nitrogens with zero attached hydrogens (tertiary/aromatic N) is 1. The minimum absolute atomic E-state index is 0.262. The van der Waals surface area contributed by atoms with Crippen LogP contribution in [0.3, 0.4) is 0 Å². The van der Waals surface area contributed by atoms with Gasteiger partial charge in [-0.05, 0) is 43.5 Å². The van der Waals surface area contributed by atoms with Gasteiger partial charge in [-0.25, -0.2) is 0 Å². The zero-order valence-corrected chi connectivity index (χ0v) is 12.2. The highest BCUT2D eigenvalue weighted by atomic mass is 16.5. The van der Waals surface area contributed by atoms with E-state index in [2.05, 4.69) is 6.92 Å². The Morgan fingerprint density at radius 3 is 2.67 bits per heavy atom. The van der Waals surface area contributed by atoms with Gasteiger partial charge in [-0.3, -0.25) is 4.79 Å². The molecule has 1 saturated heterocycles. The minimum Gasteiger partial charge on any atom is -0.548 e. The standard InChI is InChI=1S/C16H21NO4/c1-2-3-11-21-13-8-6-12(7-9-13)15(18)17-10-4-5-14(17)16(19)20/h6-9,14H,2-5,10-11H2,1H3,(H,19,20)/p-1/t14-/m0/s1. The number of carbonyl (C=O) groups is 2. The number of rotatable bonds is 6. The van der Waals surface area contributed by atoms with Crippen molar-refractivity contribution in [2.24, 2.45) is 0 Å². The Hall–Kier alpha value is -2.04. The van der Waals surface area contributed by atoms with E-state index in [1.807, 2.05) is 0 Å². The molecule has 2 rings (SSSR count). The average molecular weight is 290 g/mol.